The highest BCUT2D eigenvalue weighted by atomic mass is 35.5. The monoisotopic (exact) mass is 466 g/mol. The molecule has 172 valence electrons. The molecule has 9 heteroatoms. The lowest BCUT2D eigenvalue weighted by Crippen LogP contribution is -2.31. The molecule has 0 saturated carbocycles. The van der Waals surface area contributed by atoms with Crippen molar-refractivity contribution >= 4 is 40.6 Å². The Labute approximate surface area is 197 Å². The van der Waals surface area contributed by atoms with E-state index < -0.39 is 0 Å². The normalized spacial score (nSPS) is 18.8. The zero-order valence-corrected chi connectivity index (χ0v) is 19.4. The lowest BCUT2D eigenvalue weighted by Gasteiger charge is -2.29. The number of piperidine rings is 1. The maximum Gasteiger partial charge on any atom is 0.261 e. The van der Waals surface area contributed by atoms with E-state index in [1.165, 1.54) is 6.42 Å². The van der Waals surface area contributed by atoms with Crippen LogP contribution < -0.4 is 10.2 Å². The molecule has 2 amide bonds. The van der Waals surface area contributed by atoms with Crippen LogP contribution in [0.1, 0.15) is 54.6 Å². The number of amides is 2. The first kappa shape index (κ1) is 21.7. The minimum Gasteiger partial charge on any atom is -0.356 e. The summed E-state index contributed by atoms with van der Waals surface area (Å²) in [5, 5.41) is 8.05. The Morgan fingerprint density at radius 1 is 1.18 bits per heavy atom. The smallest absolute Gasteiger partial charge is 0.261 e. The third-order valence-corrected chi connectivity index (χ3v) is 6.77. The van der Waals surface area contributed by atoms with Crippen LogP contribution >= 0.6 is 11.6 Å². The van der Waals surface area contributed by atoms with Crippen molar-refractivity contribution < 1.29 is 9.59 Å². The van der Waals surface area contributed by atoms with Gasteiger partial charge in [0.05, 0.1) is 11.9 Å². The summed E-state index contributed by atoms with van der Waals surface area (Å²) in [6.45, 7) is 5.22. The van der Waals surface area contributed by atoms with E-state index in [1.54, 1.807) is 35.0 Å². The van der Waals surface area contributed by atoms with Gasteiger partial charge in [-0.1, -0.05) is 11.6 Å². The number of halogens is 1. The predicted octanol–water partition coefficient (Wildman–Crippen LogP) is 3.96. The van der Waals surface area contributed by atoms with Crippen molar-refractivity contribution in [2.45, 2.75) is 38.5 Å². The van der Waals surface area contributed by atoms with Crippen molar-refractivity contribution in [1.29, 1.82) is 0 Å². The highest BCUT2D eigenvalue weighted by Gasteiger charge is 2.32. The molecule has 3 aromatic rings. The number of aromatic nitrogens is 3. The van der Waals surface area contributed by atoms with Crippen LogP contribution in [0.25, 0.3) is 5.65 Å². The zero-order chi connectivity index (χ0) is 22.9. The highest BCUT2D eigenvalue weighted by Crippen LogP contribution is 2.31. The SMILES string of the molecule is CCN1CC(c2cc(N3CCCCC3)n3ncc(C(=O)Nc4ccc(Cl)cc4)c3n2)CC1=O. The fourth-order valence-corrected chi connectivity index (χ4v) is 4.82. The van der Waals surface area contributed by atoms with Crippen LogP contribution in [0.3, 0.4) is 0 Å². The molecule has 0 spiro atoms. The molecule has 2 aromatic heterocycles. The van der Waals surface area contributed by atoms with Crippen LogP contribution in [-0.4, -0.2) is 57.5 Å². The Morgan fingerprint density at radius 3 is 2.64 bits per heavy atom. The Kier molecular flexibility index (Phi) is 5.93. The van der Waals surface area contributed by atoms with Crippen molar-refractivity contribution in [2.24, 2.45) is 0 Å². The lowest BCUT2D eigenvalue weighted by atomic mass is 10.0. The molecule has 8 nitrogen and oxygen atoms in total. The molecule has 5 rings (SSSR count). The number of carbonyl (C=O) groups excluding carboxylic acids is 2. The third-order valence-electron chi connectivity index (χ3n) is 6.51. The molecule has 1 atom stereocenters. The topological polar surface area (TPSA) is 82.8 Å². The predicted molar refractivity (Wildman–Crippen MR) is 128 cm³/mol. The van der Waals surface area contributed by atoms with Crippen LogP contribution in [0.2, 0.25) is 5.02 Å². The molecular weight excluding hydrogens is 440 g/mol. The van der Waals surface area contributed by atoms with Gasteiger partial charge in [-0.15, -0.1) is 0 Å². The van der Waals surface area contributed by atoms with E-state index in [0.717, 1.165) is 37.4 Å². The summed E-state index contributed by atoms with van der Waals surface area (Å²) in [7, 11) is 0. The van der Waals surface area contributed by atoms with E-state index in [-0.39, 0.29) is 17.7 Å². The van der Waals surface area contributed by atoms with Crippen LogP contribution in [0.5, 0.6) is 0 Å². The minimum absolute atomic E-state index is 0.00747. The summed E-state index contributed by atoms with van der Waals surface area (Å²) < 4.78 is 1.76. The van der Waals surface area contributed by atoms with Gasteiger partial charge >= 0.3 is 0 Å². The molecular formula is C24H27ClN6O2. The summed E-state index contributed by atoms with van der Waals surface area (Å²) in [4.78, 5) is 34.6. The molecule has 4 heterocycles. The summed E-state index contributed by atoms with van der Waals surface area (Å²) in [5.41, 5.74) is 2.41. The number of benzene rings is 1. The first-order chi connectivity index (χ1) is 16.0. The van der Waals surface area contributed by atoms with Gasteiger partial charge < -0.3 is 15.1 Å². The van der Waals surface area contributed by atoms with Gasteiger partial charge in [0.25, 0.3) is 5.91 Å². The van der Waals surface area contributed by atoms with Crippen LogP contribution in [0.15, 0.2) is 36.5 Å². The minimum atomic E-state index is -0.278. The average Bonchev–Trinajstić information content (AvgIpc) is 3.43. The van der Waals surface area contributed by atoms with Crippen LogP contribution in [-0.2, 0) is 4.79 Å². The molecule has 1 aromatic carbocycles. The van der Waals surface area contributed by atoms with E-state index >= 15 is 0 Å². The first-order valence-electron chi connectivity index (χ1n) is 11.5. The van der Waals surface area contributed by atoms with Crippen LogP contribution in [0, 0.1) is 0 Å². The standard InChI is InChI=1S/C24H27ClN6O2/c1-2-29-15-16(12-22(29)32)20-13-21(30-10-4-3-5-11-30)31-23(28-20)19(14-26-31)24(33)27-18-8-6-17(25)7-9-18/h6-9,13-14,16H,2-5,10-12,15H2,1H3,(H,27,33). The number of hydrogen-bond donors (Lipinski definition) is 1. The largest absolute Gasteiger partial charge is 0.356 e. The van der Waals surface area contributed by atoms with Gasteiger partial charge in [0.15, 0.2) is 5.65 Å². The van der Waals surface area contributed by atoms with Gasteiger partial charge in [0.2, 0.25) is 5.91 Å². The Morgan fingerprint density at radius 2 is 1.94 bits per heavy atom. The summed E-state index contributed by atoms with van der Waals surface area (Å²) in [6.07, 6.45) is 5.47. The van der Waals surface area contributed by atoms with Gasteiger partial charge in [-0.3, -0.25) is 9.59 Å². The molecule has 2 fully saturated rings. The molecule has 1 unspecified atom stereocenters. The number of fused-ring (bicyclic) bond motifs is 1. The van der Waals surface area contributed by atoms with Gasteiger partial charge in [0, 0.05) is 55.3 Å². The fraction of sp³-hybridized carbons (Fsp3) is 0.417. The summed E-state index contributed by atoms with van der Waals surface area (Å²) in [5.74, 6) is 0.813. The second-order valence-corrected chi connectivity index (χ2v) is 9.11. The zero-order valence-electron chi connectivity index (χ0n) is 18.6. The lowest BCUT2D eigenvalue weighted by molar-refractivity contribution is -0.127. The summed E-state index contributed by atoms with van der Waals surface area (Å²) >= 11 is 5.96. The maximum absolute atomic E-state index is 13.1. The Bertz CT molecular complexity index is 1190. The number of hydrogen-bond acceptors (Lipinski definition) is 5. The second-order valence-electron chi connectivity index (χ2n) is 8.68. The molecule has 2 aliphatic heterocycles. The molecule has 33 heavy (non-hydrogen) atoms. The Balaban J connectivity index is 1.54. The van der Waals surface area contributed by atoms with Crippen LogP contribution in [0.4, 0.5) is 11.5 Å². The Hall–Kier alpha value is -3.13. The summed E-state index contributed by atoms with van der Waals surface area (Å²) in [6, 6.07) is 9.04. The van der Waals surface area contributed by atoms with Crippen molar-refractivity contribution in [3.8, 4) is 0 Å². The van der Waals surface area contributed by atoms with E-state index in [4.69, 9.17) is 16.6 Å². The molecule has 0 radical (unpaired) electrons. The van der Waals surface area contributed by atoms with E-state index in [0.29, 0.717) is 41.4 Å². The number of nitrogens with zero attached hydrogens (tertiary/aromatic N) is 5. The second kappa shape index (κ2) is 9.02. The van der Waals surface area contributed by atoms with Crippen molar-refractivity contribution in [3.05, 3.63) is 52.8 Å². The fourth-order valence-electron chi connectivity index (χ4n) is 4.69. The highest BCUT2D eigenvalue weighted by molar-refractivity contribution is 6.30. The van der Waals surface area contributed by atoms with Crippen molar-refractivity contribution in [1.82, 2.24) is 19.5 Å². The van der Waals surface area contributed by atoms with E-state index in [2.05, 4.69) is 21.4 Å². The van der Waals surface area contributed by atoms with Gasteiger partial charge in [-0.25, -0.2) is 4.98 Å². The number of anilines is 2. The quantitative estimate of drug-likeness (QED) is 0.615. The maximum atomic E-state index is 13.1. The third kappa shape index (κ3) is 4.27. The number of rotatable bonds is 5. The van der Waals surface area contributed by atoms with Crippen molar-refractivity contribution in [2.75, 3.05) is 36.4 Å². The number of likely N-dealkylation sites (N-methyl/N-ethyl adjacent to an activating group) is 1. The van der Waals surface area contributed by atoms with Crippen molar-refractivity contribution in [3.63, 3.8) is 0 Å². The van der Waals surface area contributed by atoms with E-state index in [9.17, 15) is 9.59 Å². The molecule has 0 bridgehead atoms. The van der Waals surface area contributed by atoms with Gasteiger partial charge in [-0.05, 0) is 50.5 Å². The first-order valence-corrected chi connectivity index (χ1v) is 11.9. The molecule has 1 N–H and O–H groups in total. The number of carbonyl (C=O) groups is 2. The van der Waals surface area contributed by atoms with Gasteiger partial charge in [-0.2, -0.15) is 9.61 Å². The van der Waals surface area contributed by atoms with E-state index in [1.807, 2.05) is 11.8 Å². The molecule has 0 aliphatic carbocycles. The molecule has 2 aliphatic rings. The number of likely N-dealkylation sites (tertiary alicyclic amines) is 1. The average molecular weight is 467 g/mol. The van der Waals surface area contributed by atoms with Gasteiger partial charge in [0.1, 0.15) is 11.4 Å². The number of nitrogens with one attached hydrogen (secondary N) is 1. The molecule has 2 saturated heterocycles.